The van der Waals surface area contributed by atoms with E-state index >= 15 is 0 Å². The van der Waals surface area contributed by atoms with Crippen molar-refractivity contribution in [2.45, 2.75) is 45.2 Å². The Hall–Kier alpha value is -1.24. The van der Waals surface area contributed by atoms with Crippen molar-refractivity contribution in [1.29, 1.82) is 0 Å². The van der Waals surface area contributed by atoms with Crippen LogP contribution in [0.2, 0.25) is 0 Å². The Morgan fingerprint density at radius 3 is 3.04 bits per heavy atom. The third kappa shape index (κ3) is 4.40. The fourth-order valence-corrected chi connectivity index (χ4v) is 4.47. The number of thiazole rings is 1. The lowest BCUT2D eigenvalue weighted by atomic mass is 10.1. The molecule has 1 amide bonds. The molecule has 1 aliphatic rings. The lowest BCUT2D eigenvalue weighted by Gasteiger charge is -2.32. The van der Waals surface area contributed by atoms with Gasteiger partial charge in [0.25, 0.3) is 5.91 Å². The highest BCUT2D eigenvalue weighted by Crippen LogP contribution is 2.19. The molecule has 1 saturated heterocycles. The highest BCUT2D eigenvalue weighted by molar-refractivity contribution is 7.11. The molecule has 0 aromatic carbocycles. The summed E-state index contributed by atoms with van der Waals surface area (Å²) in [6, 6.07) is 4.50. The smallest absolute Gasteiger partial charge is 0.280 e. The minimum Gasteiger partial charge on any atom is -0.346 e. The van der Waals surface area contributed by atoms with Crippen molar-refractivity contribution >= 4 is 28.6 Å². The molecule has 124 valence electrons. The second-order valence-electron chi connectivity index (χ2n) is 6.36. The monoisotopic (exact) mass is 349 g/mol. The first-order valence-electron chi connectivity index (χ1n) is 8.13. The number of carbonyl (C=O) groups excluding carboxylic acids is 1. The molecule has 0 spiro atoms. The van der Waals surface area contributed by atoms with E-state index in [2.05, 4.69) is 46.6 Å². The van der Waals surface area contributed by atoms with Crippen molar-refractivity contribution < 1.29 is 4.79 Å². The molecular weight excluding hydrogens is 326 g/mol. The predicted molar refractivity (Wildman–Crippen MR) is 96.3 cm³/mol. The van der Waals surface area contributed by atoms with E-state index in [1.165, 1.54) is 16.2 Å². The number of nitrogens with one attached hydrogen (secondary N) is 1. The van der Waals surface area contributed by atoms with Gasteiger partial charge in [0.1, 0.15) is 0 Å². The number of piperidine rings is 1. The molecule has 0 bridgehead atoms. The SMILES string of the molecule is CC(C)c1csc(C(=O)NC2CCCN(Cc3cccs3)C2)n1. The Bertz CT molecular complexity index is 636. The number of likely N-dealkylation sites (tertiary alicyclic amines) is 1. The second kappa shape index (κ2) is 7.55. The first-order valence-corrected chi connectivity index (χ1v) is 9.89. The molecule has 0 aliphatic carbocycles. The number of carbonyl (C=O) groups is 1. The molecule has 1 unspecified atom stereocenters. The van der Waals surface area contributed by atoms with Crippen molar-refractivity contribution in [2.75, 3.05) is 13.1 Å². The van der Waals surface area contributed by atoms with Gasteiger partial charge in [-0.3, -0.25) is 9.69 Å². The van der Waals surface area contributed by atoms with Crippen LogP contribution in [-0.2, 0) is 6.54 Å². The summed E-state index contributed by atoms with van der Waals surface area (Å²) in [6.07, 6.45) is 2.18. The summed E-state index contributed by atoms with van der Waals surface area (Å²) < 4.78 is 0. The Morgan fingerprint density at radius 2 is 2.35 bits per heavy atom. The fourth-order valence-electron chi connectivity index (χ4n) is 2.84. The zero-order valence-electron chi connectivity index (χ0n) is 13.6. The highest BCUT2D eigenvalue weighted by Gasteiger charge is 2.23. The number of thiophene rings is 1. The van der Waals surface area contributed by atoms with Gasteiger partial charge in [0, 0.05) is 29.4 Å². The van der Waals surface area contributed by atoms with Gasteiger partial charge in [0.2, 0.25) is 0 Å². The second-order valence-corrected chi connectivity index (χ2v) is 8.25. The number of hydrogen-bond donors (Lipinski definition) is 1. The maximum atomic E-state index is 12.4. The first kappa shape index (κ1) is 16.6. The van der Waals surface area contributed by atoms with Crippen LogP contribution in [0.1, 0.15) is 53.0 Å². The standard InChI is InChI=1S/C17H23N3OS2/c1-12(2)15-11-23-17(19-15)16(21)18-13-5-3-7-20(9-13)10-14-6-4-8-22-14/h4,6,8,11-13H,3,5,7,9-10H2,1-2H3,(H,18,21). The van der Waals surface area contributed by atoms with Gasteiger partial charge >= 0.3 is 0 Å². The molecule has 3 heterocycles. The van der Waals surface area contributed by atoms with E-state index in [1.54, 1.807) is 11.3 Å². The zero-order valence-corrected chi connectivity index (χ0v) is 15.3. The van der Waals surface area contributed by atoms with Gasteiger partial charge in [0.05, 0.1) is 5.69 Å². The van der Waals surface area contributed by atoms with Crippen molar-refractivity contribution in [1.82, 2.24) is 15.2 Å². The van der Waals surface area contributed by atoms with E-state index in [4.69, 9.17) is 0 Å². The van der Waals surface area contributed by atoms with Crippen LogP contribution in [-0.4, -0.2) is 34.9 Å². The highest BCUT2D eigenvalue weighted by atomic mass is 32.1. The Morgan fingerprint density at radius 1 is 1.48 bits per heavy atom. The van der Waals surface area contributed by atoms with Gasteiger partial charge in [0.15, 0.2) is 5.01 Å². The molecule has 6 heteroatoms. The van der Waals surface area contributed by atoms with Crippen molar-refractivity contribution in [3.8, 4) is 0 Å². The molecule has 23 heavy (non-hydrogen) atoms. The minimum atomic E-state index is -0.0233. The van der Waals surface area contributed by atoms with Crippen molar-refractivity contribution in [3.05, 3.63) is 38.5 Å². The summed E-state index contributed by atoms with van der Waals surface area (Å²) in [5.41, 5.74) is 1.00. The number of aromatic nitrogens is 1. The van der Waals surface area contributed by atoms with Gasteiger partial charge in [-0.15, -0.1) is 22.7 Å². The van der Waals surface area contributed by atoms with Gasteiger partial charge in [-0.25, -0.2) is 4.98 Å². The van der Waals surface area contributed by atoms with E-state index in [0.29, 0.717) is 10.9 Å². The summed E-state index contributed by atoms with van der Waals surface area (Å²) in [4.78, 5) is 20.7. The molecule has 1 atom stereocenters. The topological polar surface area (TPSA) is 45.2 Å². The van der Waals surface area contributed by atoms with Crippen LogP contribution in [0.3, 0.4) is 0 Å². The van der Waals surface area contributed by atoms with Crippen LogP contribution in [0, 0.1) is 0 Å². The van der Waals surface area contributed by atoms with Gasteiger partial charge in [-0.1, -0.05) is 19.9 Å². The third-order valence-electron chi connectivity index (χ3n) is 4.11. The van der Waals surface area contributed by atoms with Crippen LogP contribution in [0.15, 0.2) is 22.9 Å². The molecular formula is C17H23N3OS2. The number of rotatable bonds is 5. The lowest BCUT2D eigenvalue weighted by Crippen LogP contribution is -2.47. The lowest BCUT2D eigenvalue weighted by molar-refractivity contribution is 0.0900. The van der Waals surface area contributed by atoms with Gasteiger partial charge < -0.3 is 5.32 Å². The molecule has 1 N–H and O–H groups in total. The van der Waals surface area contributed by atoms with Crippen LogP contribution < -0.4 is 5.32 Å². The number of hydrogen-bond acceptors (Lipinski definition) is 5. The molecule has 1 fully saturated rings. The van der Waals surface area contributed by atoms with E-state index in [1.807, 2.05) is 5.38 Å². The summed E-state index contributed by atoms with van der Waals surface area (Å²) in [6.45, 7) is 7.21. The van der Waals surface area contributed by atoms with Crippen LogP contribution in [0.25, 0.3) is 0 Å². The largest absolute Gasteiger partial charge is 0.346 e. The molecule has 1 aliphatic heterocycles. The van der Waals surface area contributed by atoms with E-state index in [0.717, 1.165) is 38.2 Å². The molecule has 4 nitrogen and oxygen atoms in total. The Kier molecular flexibility index (Phi) is 5.46. The predicted octanol–water partition coefficient (Wildman–Crippen LogP) is 3.72. The van der Waals surface area contributed by atoms with E-state index < -0.39 is 0 Å². The maximum Gasteiger partial charge on any atom is 0.280 e. The van der Waals surface area contributed by atoms with Gasteiger partial charge in [-0.2, -0.15) is 0 Å². The van der Waals surface area contributed by atoms with Crippen molar-refractivity contribution in [2.24, 2.45) is 0 Å². The third-order valence-corrected chi connectivity index (χ3v) is 5.83. The molecule has 0 saturated carbocycles. The number of amides is 1. The van der Waals surface area contributed by atoms with Crippen LogP contribution in [0.4, 0.5) is 0 Å². The molecule has 2 aromatic rings. The first-order chi connectivity index (χ1) is 11.1. The molecule has 3 rings (SSSR count). The Labute approximate surface area is 145 Å². The summed E-state index contributed by atoms with van der Waals surface area (Å²) in [7, 11) is 0. The summed E-state index contributed by atoms with van der Waals surface area (Å²) in [5.74, 6) is 0.341. The van der Waals surface area contributed by atoms with Crippen LogP contribution >= 0.6 is 22.7 Å². The zero-order chi connectivity index (χ0) is 16.2. The number of nitrogens with zero attached hydrogens (tertiary/aromatic N) is 2. The average molecular weight is 350 g/mol. The van der Waals surface area contributed by atoms with E-state index in [9.17, 15) is 4.79 Å². The maximum absolute atomic E-state index is 12.4. The minimum absolute atomic E-state index is 0.0233. The van der Waals surface area contributed by atoms with Crippen molar-refractivity contribution in [3.63, 3.8) is 0 Å². The normalized spacial score (nSPS) is 19.2. The van der Waals surface area contributed by atoms with Gasteiger partial charge in [-0.05, 0) is 36.8 Å². The summed E-state index contributed by atoms with van der Waals surface area (Å²) >= 11 is 3.24. The molecule has 2 aromatic heterocycles. The average Bonchev–Trinajstić information content (AvgIpc) is 3.18. The van der Waals surface area contributed by atoms with E-state index in [-0.39, 0.29) is 11.9 Å². The summed E-state index contributed by atoms with van der Waals surface area (Å²) in [5, 5.41) is 7.86. The molecule has 0 radical (unpaired) electrons. The Balaban J connectivity index is 1.55. The quantitative estimate of drug-likeness (QED) is 0.895. The fraction of sp³-hybridized carbons (Fsp3) is 0.529. The van der Waals surface area contributed by atoms with Crippen LogP contribution in [0.5, 0.6) is 0 Å².